The molecule has 0 saturated carbocycles. The SMILES string of the molecule is CCC/C=C\CCCCCCCC(=O)NC(COP(=O)(O)OCC[N+](C)(C)C)C(O)/C=C/CC/C=C/CC/C=C/CCCCCCCCCCCCC. The van der Waals surface area contributed by atoms with Crippen molar-refractivity contribution in [3.63, 3.8) is 0 Å². The molecule has 0 aromatic heterocycles. The molecule has 0 heterocycles. The molecular formula is C44H84N2O6P+. The minimum atomic E-state index is -4.35. The van der Waals surface area contributed by atoms with Gasteiger partial charge in [-0.05, 0) is 64.2 Å². The monoisotopic (exact) mass is 768 g/mol. The minimum absolute atomic E-state index is 0.0506. The van der Waals surface area contributed by atoms with E-state index in [0.717, 1.165) is 70.6 Å². The number of amides is 1. The number of carbonyl (C=O) groups excluding carboxylic acids is 1. The first kappa shape index (κ1) is 51.5. The topological polar surface area (TPSA) is 105 Å². The zero-order valence-corrected chi connectivity index (χ0v) is 35.9. The summed E-state index contributed by atoms with van der Waals surface area (Å²) in [5, 5.41) is 13.7. The van der Waals surface area contributed by atoms with Crippen molar-refractivity contribution in [1.82, 2.24) is 5.32 Å². The summed E-state index contributed by atoms with van der Waals surface area (Å²) in [6, 6.07) is -0.872. The zero-order valence-electron chi connectivity index (χ0n) is 35.0. The first-order valence-corrected chi connectivity index (χ1v) is 23.0. The number of phosphoric ester groups is 1. The Morgan fingerprint density at radius 3 is 1.58 bits per heavy atom. The molecule has 0 saturated heterocycles. The molecule has 53 heavy (non-hydrogen) atoms. The van der Waals surface area contributed by atoms with Crippen LogP contribution in [-0.4, -0.2) is 73.4 Å². The fourth-order valence-electron chi connectivity index (χ4n) is 5.78. The highest BCUT2D eigenvalue weighted by molar-refractivity contribution is 7.47. The third-order valence-corrected chi connectivity index (χ3v) is 10.2. The zero-order chi connectivity index (χ0) is 39.3. The molecule has 0 radical (unpaired) electrons. The van der Waals surface area contributed by atoms with Crippen LogP contribution in [0.1, 0.15) is 174 Å². The van der Waals surface area contributed by atoms with E-state index in [1.54, 1.807) is 6.08 Å². The van der Waals surface area contributed by atoms with E-state index < -0.39 is 20.0 Å². The van der Waals surface area contributed by atoms with Gasteiger partial charge in [0, 0.05) is 6.42 Å². The number of quaternary nitrogens is 1. The Bertz CT molecular complexity index is 1010. The first-order chi connectivity index (χ1) is 25.5. The van der Waals surface area contributed by atoms with Crippen LogP contribution < -0.4 is 5.32 Å². The molecule has 0 aliphatic heterocycles. The number of carbonyl (C=O) groups is 1. The lowest BCUT2D eigenvalue weighted by molar-refractivity contribution is -0.870. The number of aliphatic hydroxyl groups is 1. The van der Waals surface area contributed by atoms with E-state index in [1.807, 2.05) is 27.2 Å². The summed E-state index contributed by atoms with van der Waals surface area (Å²) in [5.74, 6) is -0.206. The van der Waals surface area contributed by atoms with Crippen molar-refractivity contribution in [2.24, 2.45) is 0 Å². The lowest BCUT2D eigenvalue weighted by Crippen LogP contribution is -2.45. The van der Waals surface area contributed by atoms with Crippen LogP contribution in [0.5, 0.6) is 0 Å². The lowest BCUT2D eigenvalue weighted by atomic mass is 10.1. The fourth-order valence-corrected chi connectivity index (χ4v) is 6.52. The van der Waals surface area contributed by atoms with Gasteiger partial charge in [-0.3, -0.25) is 13.8 Å². The van der Waals surface area contributed by atoms with Crippen molar-refractivity contribution in [2.45, 2.75) is 187 Å². The number of nitrogens with one attached hydrogen (secondary N) is 1. The average Bonchev–Trinajstić information content (AvgIpc) is 3.10. The van der Waals surface area contributed by atoms with Gasteiger partial charge in [0.05, 0.1) is 39.9 Å². The van der Waals surface area contributed by atoms with Gasteiger partial charge in [0.2, 0.25) is 5.91 Å². The van der Waals surface area contributed by atoms with Crippen molar-refractivity contribution in [3.05, 3.63) is 48.6 Å². The molecule has 3 N–H and O–H groups in total. The average molecular weight is 768 g/mol. The summed E-state index contributed by atoms with van der Waals surface area (Å²) in [7, 11) is 1.53. The van der Waals surface area contributed by atoms with Gasteiger partial charge in [-0.2, -0.15) is 0 Å². The van der Waals surface area contributed by atoms with Crippen LogP contribution in [0.25, 0.3) is 0 Å². The van der Waals surface area contributed by atoms with Gasteiger partial charge in [0.15, 0.2) is 0 Å². The van der Waals surface area contributed by atoms with Crippen LogP contribution in [0.4, 0.5) is 0 Å². The summed E-state index contributed by atoms with van der Waals surface area (Å²) in [5.41, 5.74) is 0. The molecule has 0 aromatic rings. The lowest BCUT2D eigenvalue weighted by Gasteiger charge is -2.25. The quantitative estimate of drug-likeness (QED) is 0.0250. The Balaban J connectivity index is 4.47. The maximum Gasteiger partial charge on any atom is 0.472 e. The molecule has 0 aliphatic carbocycles. The molecule has 3 atom stereocenters. The number of hydrogen-bond donors (Lipinski definition) is 3. The van der Waals surface area contributed by atoms with Gasteiger partial charge >= 0.3 is 7.82 Å². The van der Waals surface area contributed by atoms with E-state index in [0.29, 0.717) is 17.4 Å². The Morgan fingerprint density at radius 2 is 1.08 bits per heavy atom. The highest BCUT2D eigenvalue weighted by atomic mass is 31.2. The summed E-state index contributed by atoms with van der Waals surface area (Å²) in [6.07, 6.45) is 44.8. The Morgan fingerprint density at radius 1 is 0.623 bits per heavy atom. The van der Waals surface area contributed by atoms with Gasteiger partial charge < -0.3 is 19.8 Å². The van der Waals surface area contributed by atoms with E-state index in [-0.39, 0.29) is 19.1 Å². The van der Waals surface area contributed by atoms with Crippen molar-refractivity contribution >= 4 is 13.7 Å². The highest BCUT2D eigenvalue weighted by Crippen LogP contribution is 2.43. The fraction of sp³-hybridized carbons (Fsp3) is 0.795. The Hall–Kier alpha value is -1.54. The van der Waals surface area contributed by atoms with E-state index in [4.69, 9.17) is 9.05 Å². The van der Waals surface area contributed by atoms with Crippen LogP contribution in [0.15, 0.2) is 48.6 Å². The number of aliphatic hydroxyl groups excluding tert-OH is 1. The smallest absolute Gasteiger partial charge is 0.387 e. The van der Waals surface area contributed by atoms with Crippen molar-refractivity contribution < 1.29 is 32.9 Å². The van der Waals surface area contributed by atoms with E-state index >= 15 is 0 Å². The van der Waals surface area contributed by atoms with Gasteiger partial charge in [0.25, 0.3) is 0 Å². The molecule has 9 heteroatoms. The molecule has 0 rings (SSSR count). The molecular weight excluding hydrogens is 683 g/mol. The minimum Gasteiger partial charge on any atom is -0.387 e. The predicted molar refractivity (Wildman–Crippen MR) is 226 cm³/mol. The Kier molecular flexibility index (Phi) is 35.1. The van der Waals surface area contributed by atoms with Crippen LogP contribution in [0.2, 0.25) is 0 Å². The number of phosphoric acid groups is 1. The maximum atomic E-state index is 12.8. The summed E-state index contributed by atoms with van der Waals surface area (Å²) in [4.78, 5) is 23.0. The highest BCUT2D eigenvalue weighted by Gasteiger charge is 2.27. The van der Waals surface area contributed by atoms with Gasteiger partial charge in [0.1, 0.15) is 13.2 Å². The second kappa shape index (κ2) is 36.1. The number of nitrogens with zero attached hydrogens (tertiary/aromatic N) is 1. The largest absolute Gasteiger partial charge is 0.472 e. The standard InChI is InChI=1S/C44H83N2O6P/c1-6-8-10-12-14-16-18-19-20-21-22-23-24-25-26-27-28-29-31-33-35-37-43(47)42(41-52-53(49,50)51-40-39-46(3,4)5)45-44(48)38-36-34-32-30-17-15-13-11-9-7-2/h11,13,24-25,28-29,35,37,42-43,47H,6-10,12,14-23,26-27,30-34,36,38-41H2,1-5H3,(H-,45,48,49,50)/p+1/b13-11-,25-24+,29-28+,37-35+. The van der Waals surface area contributed by atoms with Crippen molar-refractivity contribution in [2.75, 3.05) is 40.9 Å². The van der Waals surface area contributed by atoms with Crippen molar-refractivity contribution in [3.8, 4) is 0 Å². The molecule has 8 nitrogen and oxygen atoms in total. The molecule has 3 unspecified atom stereocenters. The number of unbranched alkanes of at least 4 members (excludes halogenated alkanes) is 19. The molecule has 1 amide bonds. The first-order valence-electron chi connectivity index (χ1n) is 21.5. The number of rotatable bonds is 38. The molecule has 0 bridgehead atoms. The number of hydrogen-bond acceptors (Lipinski definition) is 5. The molecule has 0 aromatic carbocycles. The summed E-state index contributed by atoms with van der Waals surface area (Å²) < 4.78 is 23.5. The molecule has 0 fully saturated rings. The molecule has 0 aliphatic rings. The predicted octanol–water partition coefficient (Wildman–Crippen LogP) is 11.7. The summed E-state index contributed by atoms with van der Waals surface area (Å²) in [6.45, 7) is 4.69. The number of allylic oxidation sites excluding steroid dienone is 7. The van der Waals surface area contributed by atoms with Crippen molar-refractivity contribution in [1.29, 1.82) is 0 Å². The number of likely N-dealkylation sites (N-methyl/N-ethyl adjacent to an activating group) is 1. The van der Waals surface area contributed by atoms with Gasteiger partial charge in [-0.15, -0.1) is 0 Å². The second-order valence-electron chi connectivity index (χ2n) is 15.7. The van der Waals surface area contributed by atoms with Crippen LogP contribution in [-0.2, 0) is 18.4 Å². The summed E-state index contributed by atoms with van der Waals surface area (Å²) >= 11 is 0. The third-order valence-electron chi connectivity index (χ3n) is 9.23. The van der Waals surface area contributed by atoms with Gasteiger partial charge in [-0.1, -0.05) is 152 Å². The Labute approximate surface area is 327 Å². The second-order valence-corrected chi connectivity index (χ2v) is 17.1. The molecule has 310 valence electrons. The maximum absolute atomic E-state index is 12.8. The van der Waals surface area contributed by atoms with Crippen LogP contribution in [0.3, 0.4) is 0 Å². The van der Waals surface area contributed by atoms with Gasteiger partial charge in [-0.25, -0.2) is 4.57 Å². The molecule has 0 spiro atoms. The normalized spacial score (nSPS) is 14.9. The third kappa shape index (κ3) is 38.5. The van der Waals surface area contributed by atoms with Crippen LogP contribution in [0, 0.1) is 0 Å². The van der Waals surface area contributed by atoms with E-state index in [2.05, 4.69) is 55.6 Å². The van der Waals surface area contributed by atoms with E-state index in [1.165, 1.54) is 83.5 Å². The van der Waals surface area contributed by atoms with E-state index in [9.17, 15) is 19.4 Å². The van der Waals surface area contributed by atoms with Crippen LogP contribution >= 0.6 is 7.82 Å².